The topological polar surface area (TPSA) is 76.0 Å². The molecule has 0 bridgehead atoms. The molecule has 0 aliphatic heterocycles. The summed E-state index contributed by atoms with van der Waals surface area (Å²) in [5.41, 5.74) is 0.558. The first-order valence-corrected chi connectivity index (χ1v) is 7.00. The van der Waals surface area contributed by atoms with Gasteiger partial charge in [0.2, 0.25) is 5.91 Å². The molecule has 0 fully saturated rings. The van der Waals surface area contributed by atoms with Gasteiger partial charge >= 0.3 is 0 Å². The van der Waals surface area contributed by atoms with Gasteiger partial charge in [0, 0.05) is 25.6 Å². The molecule has 1 heterocycles. The summed E-state index contributed by atoms with van der Waals surface area (Å²) in [5, 5.41) is 6.44. The molecule has 1 unspecified atom stereocenters. The van der Waals surface area contributed by atoms with E-state index in [1.165, 1.54) is 10.9 Å². The van der Waals surface area contributed by atoms with Gasteiger partial charge in [-0.2, -0.15) is 0 Å². The summed E-state index contributed by atoms with van der Waals surface area (Å²) in [6, 6.07) is 7.42. The second-order valence-corrected chi connectivity index (χ2v) is 5.00. The molecule has 6 heteroatoms. The number of fused-ring (bicyclic) bond motifs is 1. The molecule has 2 aromatic rings. The Bertz CT molecular complexity index is 681. The van der Waals surface area contributed by atoms with Gasteiger partial charge in [-0.1, -0.05) is 12.1 Å². The number of hydrogen-bond acceptors (Lipinski definition) is 4. The maximum absolute atomic E-state index is 12.2. The molecule has 1 aromatic heterocycles. The highest BCUT2D eigenvalue weighted by Crippen LogP contribution is 2.04. The molecule has 0 aliphatic carbocycles. The second-order valence-electron chi connectivity index (χ2n) is 5.00. The first-order valence-electron chi connectivity index (χ1n) is 7.00. The number of carbonyl (C=O) groups excluding carboxylic acids is 1. The van der Waals surface area contributed by atoms with Crippen molar-refractivity contribution in [1.29, 1.82) is 0 Å². The number of benzene rings is 1. The van der Waals surface area contributed by atoms with Crippen LogP contribution in [0, 0.1) is 0 Å². The summed E-state index contributed by atoms with van der Waals surface area (Å²) in [4.78, 5) is 28.2. The van der Waals surface area contributed by atoms with Crippen molar-refractivity contribution in [2.75, 3.05) is 13.6 Å². The predicted molar refractivity (Wildman–Crippen MR) is 82.2 cm³/mol. The van der Waals surface area contributed by atoms with Gasteiger partial charge in [0.15, 0.2) is 0 Å². The average molecular weight is 288 g/mol. The summed E-state index contributed by atoms with van der Waals surface area (Å²) < 4.78 is 1.48. The molecule has 112 valence electrons. The number of amides is 1. The number of aromatic nitrogens is 2. The van der Waals surface area contributed by atoms with Crippen LogP contribution in [0.1, 0.15) is 13.3 Å². The number of nitrogens with one attached hydrogen (secondary N) is 2. The minimum Gasteiger partial charge on any atom is -0.354 e. The normalized spacial score (nSPS) is 12.3. The van der Waals surface area contributed by atoms with Crippen LogP contribution in [-0.4, -0.2) is 35.1 Å². The molecule has 1 aromatic carbocycles. The summed E-state index contributed by atoms with van der Waals surface area (Å²) in [7, 11) is 1.84. The van der Waals surface area contributed by atoms with Gasteiger partial charge < -0.3 is 10.6 Å². The van der Waals surface area contributed by atoms with Crippen LogP contribution >= 0.6 is 0 Å². The van der Waals surface area contributed by atoms with Crippen molar-refractivity contribution >= 4 is 16.8 Å². The first kappa shape index (κ1) is 15.2. The maximum atomic E-state index is 12.2. The molecule has 0 spiro atoms. The number of para-hydroxylation sites is 1. The van der Waals surface area contributed by atoms with E-state index in [0.29, 0.717) is 24.0 Å². The van der Waals surface area contributed by atoms with Crippen LogP contribution in [0.3, 0.4) is 0 Å². The first-order chi connectivity index (χ1) is 10.1. The Morgan fingerprint density at radius 3 is 2.90 bits per heavy atom. The molecular formula is C15H20N4O2. The largest absolute Gasteiger partial charge is 0.354 e. The van der Waals surface area contributed by atoms with E-state index in [1.807, 2.05) is 26.1 Å². The SMILES string of the molecule is CNC(C)CNC(=O)CCn1cnc2ccccc2c1=O. The zero-order chi connectivity index (χ0) is 15.2. The van der Waals surface area contributed by atoms with Gasteiger partial charge in [-0.05, 0) is 26.1 Å². The van der Waals surface area contributed by atoms with Gasteiger partial charge in [0.05, 0.1) is 17.2 Å². The van der Waals surface area contributed by atoms with Gasteiger partial charge in [0.1, 0.15) is 0 Å². The van der Waals surface area contributed by atoms with Crippen molar-refractivity contribution in [3.05, 3.63) is 40.9 Å². The van der Waals surface area contributed by atoms with E-state index in [0.717, 1.165) is 0 Å². The van der Waals surface area contributed by atoms with Crippen molar-refractivity contribution in [1.82, 2.24) is 20.2 Å². The number of likely N-dealkylation sites (N-methyl/N-ethyl adjacent to an activating group) is 1. The Morgan fingerprint density at radius 2 is 2.14 bits per heavy atom. The Hall–Kier alpha value is -2.21. The van der Waals surface area contributed by atoms with E-state index in [9.17, 15) is 9.59 Å². The van der Waals surface area contributed by atoms with Crippen molar-refractivity contribution < 1.29 is 4.79 Å². The van der Waals surface area contributed by atoms with Crippen LogP contribution in [0.4, 0.5) is 0 Å². The quantitative estimate of drug-likeness (QED) is 0.812. The van der Waals surface area contributed by atoms with Crippen molar-refractivity contribution in [3.8, 4) is 0 Å². The number of rotatable bonds is 6. The summed E-state index contributed by atoms with van der Waals surface area (Å²) in [6.07, 6.45) is 1.75. The molecule has 1 amide bonds. The minimum atomic E-state index is -0.114. The van der Waals surface area contributed by atoms with Crippen molar-refractivity contribution in [3.63, 3.8) is 0 Å². The van der Waals surface area contributed by atoms with E-state index in [-0.39, 0.29) is 23.9 Å². The minimum absolute atomic E-state index is 0.0721. The molecule has 0 aliphatic rings. The van der Waals surface area contributed by atoms with Gasteiger partial charge in [-0.3, -0.25) is 14.2 Å². The fourth-order valence-electron chi connectivity index (χ4n) is 1.94. The fraction of sp³-hybridized carbons (Fsp3) is 0.400. The molecule has 0 saturated heterocycles. The zero-order valence-electron chi connectivity index (χ0n) is 12.3. The van der Waals surface area contributed by atoms with Gasteiger partial charge in [0.25, 0.3) is 5.56 Å². The third-order valence-corrected chi connectivity index (χ3v) is 3.41. The summed E-state index contributed by atoms with van der Waals surface area (Å²) >= 11 is 0. The molecule has 0 radical (unpaired) electrons. The third kappa shape index (κ3) is 3.88. The molecule has 6 nitrogen and oxygen atoms in total. The van der Waals surface area contributed by atoms with Crippen LogP contribution < -0.4 is 16.2 Å². The molecule has 1 atom stereocenters. The molecule has 2 N–H and O–H groups in total. The Balaban J connectivity index is 1.99. The smallest absolute Gasteiger partial charge is 0.261 e. The molecule has 0 saturated carbocycles. The number of carbonyl (C=O) groups is 1. The van der Waals surface area contributed by atoms with E-state index >= 15 is 0 Å². The predicted octanol–water partition coefficient (Wildman–Crippen LogP) is 0.511. The van der Waals surface area contributed by atoms with Gasteiger partial charge in [-0.25, -0.2) is 4.98 Å². The lowest BCUT2D eigenvalue weighted by atomic mass is 10.2. The Labute approximate surface area is 123 Å². The molecular weight excluding hydrogens is 268 g/mol. The highest BCUT2D eigenvalue weighted by atomic mass is 16.1. The van der Waals surface area contributed by atoms with Crippen molar-refractivity contribution in [2.24, 2.45) is 0 Å². The van der Waals surface area contributed by atoms with Crippen LogP contribution in [-0.2, 0) is 11.3 Å². The maximum Gasteiger partial charge on any atom is 0.261 e. The average Bonchev–Trinajstić information content (AvgIpc) is 2.52. The lowest BCUT2D eigenvalue weighted by molar-refractivity contribution is -0.121. The van der Waals surface area contributed by atoms with Crippen LogP contribution in [0.25, 0.3) is 10.9 Å². The number of aryl methyl sites for hydroxylation is 1. The Morgan fingerprint density at radius 1 is 1.38 bits per heavy atom. The lowest BCUT2D eigenvalue weighted by Crippen LogP contribution is -2.37. The van der Waals surface area contributed by atoms with Crippen LogP contribution in [0.2, 0.25) is 0 Å². The summed E-state index contributed by atoms with van der Waals surface area (Å²) in [5.74, 6) is -0.0721. The Kier molecular flexibility index (Phi) is 5.05. The van der Waals surface area contributed by atoms with E-state index in [4.69, 9.17) is 0 Å². The van der Waals surface area contributed by atoms with E-state index in [1.54, 1.807) is 12.1 Å². The van der Waals surface area contributed by atoms with Gasteiger partial charge in [-0.15, -0.1) is 0 Å². The highest BCUT2D eigenvalue weighted by Gasteiger charge is 2.07. The van der Waals surface area contributed by atoms with E-state index in [2.05, 4.69) is 15.6 Å². The second kappa shape index (κ2) is 6.99. The number of hydrogen-bond donors (Lipinski definition) is 2. The number of nitrogens with zero attached hydrogens (tertiary/aromatic N) is 2. The summed E-state index contributed by atoms with van der Waals surface area (Å²) in [6.45, 7) is 2.88. The fourth-order valence-corrected chi connectivity index (χ4v) is 1.94. The van der Waals surface area contributed by atoms with Crippen LogP contribution in [0.15, 0.2) is 35.4 Å². The molecule has 21 heavy (non-hydrogen) atoms. The highest BCUT2D eigenvalue weighted by molar-refractivity contribution is 5.77. The monoisotopic (exact) mass is 288 g/mol. The van der Waals surface area contributed by atoms with Crippen molar-refractivity contribution in [2.45, 2.75) is 25.9 Å². The van der Waals surface area contributed by atoms with E-state index < -0.39 is 0 Å². The van der Waals surface area contributed by atoms with Crippen LogP contribution in [0.5, 0.6) is 0 Å². The molecule has 2 rings (SSSR count). The standard InChI is InChI=1S/C15H20N4O2/c1-11(16-2)9-17-14(20)7-8-19-10-18-13-6-4-3-5-12(13)15(19)21/h3-6,10-11,16H,7-9H2,1-2H3,(H,17,20). The zero-order valence-corrected chi connectivity index (χ0v) is 12.3. The third-order valence-electron chi connectivity index (χ3n) is 3.41. The lowest BCUT2D eigenvalue weighted by Gasteiger charge is -2.11.